The van der Waals surface area contributed by atoms with Crippen LogP contribution >= 0.6 is 11.6 Å². The lowest BCUT2D eigenvalue weighted by Gasteiger charge is -2.13. The molecule has 0 radical (unpaired) electrons. The number of anilines is 1. The van der Waals surface area contributed by atoms with Crippen LogP contribution in [-0.4, -0.2) is 39.2 Å². The fourth-order valence-electron chi connectivity index (χ4n) is 3.13. The van der Waals surface area contributed by atoms with Gasteiger partial charge in [0.05, 0.1) is 16.6 Å². The van der Waals surface area contributed by atoms with Gasteiger partial charge in [-0.05, 0) is 57.5 Å². The molecular weight excluding hydrogens is 406 g/mol. The van der Waals surface area contributed by atoms with Crippen molar-refractivity contribution in [1.82, 2.24) is 20.1 Å². The molecule has 2 amide bonds. The average molecular weight is 430 g/mol. The summed E-state index contributed by atoms with van der Waals surface area (Å²) in [5.41, 5.74) is 3.16. The molecule has 30 heavy (non-hydrogen) atoms. The Kier molecular flexibility index (Phi) is 6.26. The van der Waals surface area contributed by atoms with Crippen LogP contribution in [0.25, 0.3) is 11.0 Å². The first-order valence-corrected chi connectivity index (χ1v) is 9.87. The Bertz CT molecular complexity index is 1120. The van der Waals surface area contributed by atoms with Gasteiger partial charge >= 0.3 is 0 Å². The minimum absolute atomic E-state index is 0.0435. The van der Waals surface area contributed by atoms with E-state index in [9.17, 15) is 9.59 Å². The van der Waals surface area contributed by atoms with E-state index in [2.05, 4.69) is 20.7 Å². The Balaban J connectivity index is 1.77. The Morgan fingerprint density at radius 2 is 1.97 bits per heavy atom. The van der Waals surface area contributed by atoms with E-state index < -0.39 is 5.91 Å². The van der Waals surface area contributed by atoms with Crippen LogP contribution in [0.2, 0.25) is 5.02 Å². The van der Waals surface area contributed by atoms with Crippen molar-refractivity contribution in [3.63, 3.8) is 0 Å². The number of hydrogen-bond acceptors (Lipinski definition) is 5. The summed E-state index contributed by atoms with van der Waals surface area (Å²) in [5, 5.41) is 11.0. The molecule has 0 aliphatic carbocycles. The van der Waals surface area contributed by atoms with Crippen LogP contribution in [0.15, 0.2) is 24.3 Å². The smallest absolute Gasteiger partial charge is 0.262 e. The molecule has 0 atom stereocenters. The van der Waals surface area contributed by atoms with Crippen LogP contribution in [0, 0.1) is 13.8 Å². The summed E-state index contributed by atoms with van der Waals surface area (Å²) < 4.78 is 7.29. The topological polar surface area (TPSA) is 98.1 Å². The largest absolute Gasteiger partial charge is 0.466 e. The molecule has 0 aliphatic rings. The number of carbonyl (C=O) groups excluding carboxylic acids is 2. The number of amides is 2. The lowest BCUT2D eigenvalue weighted by molar-refractivity contribution is -0.118. The van der Waals surface area contributed by atoms with Crippen LogP contribution in [-0.2, 0) is 11.8 Å². The molecular formula is C21H24ClN5O3. The maximum Gasteiger partial charge on any atom is 0.262 e. The third kappa shape index (κ3) is 4.71. The number of halogens is 1. The number of nitrogens with zero attached hydrogens (tertiary/aromatic N) is 3. The SMILES string of the molecule is Cc1cc(C)c2c(OCC(=O)Nc3cc(Cl)ccc3C(=O)NC(C)C)nn(C)c2n1. The summed E-state index contributed by atoms with van der Waals surface area (Å²) in [6, 6.07) is 6.59. The minimum Gasteiger partial charge on any atom is -0.466 e. The first-order valence-electron chi connectivity index (χ1n) is 9.49. The highest BCUT2D eigenvalue weighted by Gasteiger charge is 2.18. The molecule has 3 rings (SSSR count). The summed E-state index contributed by atoms with van der Waals surface area (Å²) >= 11 is 6.05. The van der Waals surface area contributed by atoms with E-state index in [-0.39, 0.29) is 18.6 Å². The zero-order valence-corrected chi connectivity index (χ0v) is 18.3. The van der Waals surface area contributed by atoms with E-state index in [4.69, 9.17) is 16.3 Å². The van der Waals surface area contributed by atoms with Crippen LogP contribution in [0.3, 0.4) is 0 Å². The maximum absolute atomic E-state index is 12.5. The summed E-state index contributed by atoms with van der Waals surface area (Å²) in [7, 11) is 1.77. The number of pyridine rings is 1. The third-order valence-electron chi connectivity index (χ3n) is 4.35. The Hall–Kier alpha value is -3.13. The predicted molar refractivity (Wildman–Crippen MR) is 116 cm³/mol. The van der Waals surface area contributed by atoms with Crippen molar-refractivity contribution in [2.24, 2.45) is 7.05 Å². The first-order chi connectivity index (χ1) is 14.2. The van der Waals surface area contributed by atoms with Gasteiger partial charge in [-0.15, -0.1) is 5.10 Å². The van der Waals surface area contributed by atoms with E-state index in [0.29, 0.717) is 27.8 Å². The van der Waals surface area contributed by atoms with Gasteiger partial charge < -0.3 is 15.4 Å². The number of aromatic nitrogens is 3. The lowest BCUT2D eigenvalue weighted by Crippen LogP contribution is -2.31. The zero-order valence-electron chi connectivity index (χ0n) is 17.5. The molecule has 1 aromatic carbocycles. The van der Waals surface area contributed by atoms with Crippen LogP contribution in [0.5, 0.6) is 5.88 Å². The molecule has 158 valence electrons. The fraction of sp³-hybridized carbons (Fsp3) is 0.333. The van der Waals surface area contributed by atoms with E-state index in [1.54, 1.807) is 23.9 Å². The van der Waals surface area contributed by atoms with Crippen LogP contribution in [0.4, 0.5) is 5.69 Å². The average Bonchev–Trinajstić information content (AvgIpc) is 2.95. The monoisotopic (exact) mass is 429 g/mol. The Labute approximate surface area is 179 Å². The number of fused-ring (bicyclic) bond motifs is 1. The molecule has 0 aliphatic heterocycles. The molecule has 2 aromatic heterocycles. The fourth-order valence-corrected chi connectivity index (χ4v) is 3.30. The third-order valence-corrected chi connectivity index (χ3v) is 4.58. The van der Waals surface area contributed by atoms with Crippen molar-refractivity contribution < 1.29 is 14.3 Å². The minimum atomic E-state index is -0.438. The summed E-state index contributed by atoms with van der Waals surface area (Å²) in [4.78, 5) is 29.4. The maximum atomic E-state index is 12.5. The van der Waals surface area contributed by atoms with Gasteiger partial charge in [0.25, 0.3) is 11.8 Å². The number of nitrogens with one attached hydrogen (secondary N) is 2. The van der Waals surface area contributed by atoms with Crippen LogP contribution < -0.4 is 15.4 Å². The number of rotatable bonds is 6. The van der Waals surface area contributed by atoms with E-state index >= 15 is 0 Å². The van der Waals surface area contributed by atoms with Gasteiger partial charge in [-0.2, -0.15) is 0 Å². The molecule has 3 aromatic rings. The number of ether oxygens (including phenoxy) is 1. The number of hydrogen-bond donors (Lipinski definition) is 2. The van der Waals surface area contributed by atoms with Gasteiger partial charge in [-0.25, -0.2) is 9.67 Å². The molecule has 2 heterocycles. The van der Waals surface area contributed by atoms with Gasteiger partial charge in [-0.1, -0.05) is 11.6 Å². The second-order valence-electron chi connectivity index (χ2n) is 7.36. The van der Waals surface area contributed by atoms with Crippen molar-refractivity contribution in [2.75, 3.05) is 11.9 Å². The summed E-state index contributed by atoms with van der Waals surface area (Å²) in [5.74, 6) is -0.408. The molecule has 9 heteroatoms. The standard InChI is InChI=1S/C21H24ClN5O3/c1-11(2)23-20(29)15-7-6-14(22)9-16(15)25-17(28)10-30-21-18-12(3)8-13(4)24-19(18)27(5)26-21/h6-9,11H,10H2,1-5H3,(H,23,29)(H,25,28). The van der Waals surface area contributed by atoms with Crippen LogP contribution in [0.1, 0.15) is 35.5 Å². The number of carbonyl (C=O) groups is 2. The van der Waals surface area contributed by atoms with Crippen molar-refractivity contribution in [3.8, 4) is 5.88 Å². The van der Waals surface area contributed by atoms with Gasteiger partial charge in [0.1, 0.15) is 0 Å². The molecule has 0 fully saturated rings. The molecule has 0 unspecified atom stereocenters. The zero-order chi connectivity index (χ0) is 22.0. The highest BCUT2D eigenvalue weighted by molar-refractivity contribution is 6.31. The second-order valence-corrected chi connectivity index (χ2v) is 7.80. The normalized spacial score (nSPS) is 11.0. The van der Waals surface area contributed by atoms with E-state index in [0.717, 1.165) is 16.6 Å². The van der Waals surface area contributed by atoms with E-state index in [1.165, 1.54) is 6.07 Å². The van der Waals surface area contributed by atoms with Gasteiger partial charge in [0.15, 0.2) is 12.3 Å². The quantitative estimate of drug-likeness (QED) is 0.625. The van der Waals surface area contributed by atoms with Crippen molar-refractivity contribution in [1.29, 1.82) is 0 Å². The molecule has 2 N–H and O–H groups in total. The summed E-state index contributed by atoms with van der Waals surface area (Å²) in [6.45, 7) is 7.28. The number of benzene rings is 1. The Morgan fingerprint density at radius 3 is 2.67 bits per heavy atom. The van der Waals surface area contributed by atoms with Crippen molar-refractivity contribution in [3.05, 3.63) is 46.1 Å². The lowest BCUT2D eigenvalue weighted by atomic mass is 10.1. The molecule has 0 saturated carbocycles. The highest BCUT2D eigenvalue weighted by atomic mass is 35.5. The first kappa shape index (κ1) is 21.6. The summed E-state index contributed by atoms with van der Waals surface area (Å²) in [6.07, 6.45) is 0. The van der Waals surface area contributed by atoms with Crippen molar-refractivity contribution >= 4 is 40.1 Å². The highest BCUT2D eigenvalue weighted by Crippen LogP contribution is 2.27. The van der Waals surface area contributed by atoms with E-state index in [1.807, 2.05) is 33.8 Å². The van der Waals surface area contributed by atoms with Gasteiger partial charge in [0, 0.05) is 23.8 Å². The molecule has 8 nitrogen and oxygen atoms in total. The molecule has 0 saturated heterocycles. The number of aryl methyl sites for hydroxylation is 3. The van der Waals surface area contributed by atoms with Crippen molar-refractivity contribution in [2.45, 2.75) is 33.7 Å². The molecule has 0 spiro atoms. The second kappa shape index (κ2) is 8.71. The molecule has 0 bridgehead atoms. The predicted octanol–water partition coefficient (Wildman–Crippen LogP) is 3.39. The Morgan fingerprint density at radius 1 is 1.23 bits per heavy atom. The van der Waals surface area contributed by atoms with Gasteiger partial charge in [0.2, 0.25) is 5.88 Å². The van der Waals surface area contributed by atoms with Gasteiger partial charge in [-0.3, -0.25) is 9.59 Å².